The van der Waals surface area contributed by atoms with Crippen LogP contribution in [0.25, 0.3) is 0 Å². The Bertz CT molecular complexity index is 420. The number of ether oxygens (including phenoxy) is 1. The number of aryl methyl sites for hydroxylation is 2. The molecule has 3 N–H and O–H groups in total. The lowest BCUT2D eigenvalue weighted by atomic mass is 10.1. The first-order valence-electron chi connectivity index (χ1n) is 7.05. The van der Waals surface area contributed by atoms with Gasteiger partial charge >= 0.3 is 6.18 Å². The van der Waals surface area contributed by atoms with E-state index in [-0.39, 0.29) is 12.6 Å². The second-order valence-corrected chi connectivity index (χ2v) is 4.82. The van der Waals surface area contributed by atoms with Gasteiger partial charge in [-0.1, -0.05) is 6.92 Å². The van der Waals surface area contributed by atoms with Crippen molar-refractivity contribution >= 4 is 0 Å². The van der Waals surface area contributed by atoms with Crippen LogP contribution >= 0.6 is 0 Å². The standard InChI is InChI=1S/C13H23F3N4O/c1-3-10-7-12(20(4-2)19-10)8-11(18-17)5-6-21-9-13(14,15)16/h7,11,18H,3-6,8-9,17H2,1-2H3. The van der Waals surface area contributed by atoms with Crippen LogP contribution in [-0.2, 0) is 24.1 Å². The summed E-state index contributed by atoms with van der Waals surface area (Å²) >= 11 is 0. The molecule has 0 aliphatic rings. The Morgan fingerprint density at radius 2 is 2.14 bits per heavy atom. The minimum atomic E-state index is -4.29. The van der Waals surface area contributed by atoms with E-state index in [0.29, 0.717) is 12.8 Å². The molecule has 0 fully saturated rings. The smallest absolute Gasteiger partial charge is 0.372 e. The quantitative estimate of drug-likeness (QED) is 0.415. The number of alkyl halides is 3. The molecule has 122 valence electrons. The van der Waals surface area contributed by atoms with Gasteiger partial charge in [-0.15, -0.1) is 0 Å². The number of aromatic nitrogens is 2. The summed E-state index contributed by atoms with van der Waals surface area (Å²) in [6, 6.07) is 1.86. The van der Waals surface area contributed by atoms with Gasteiger partial charge in [-0.2, -0.15) is 18.3 Å². The molecule has 0 aliphatic carbocycles. The molecule has 8 heteroatoms. The maximum Gasteiger partial charge on any atom is 0.411 e. The van der Waals surface area contributed by atoms with Crippen molar-refractivity contribution in [2.24, 2.45) is 5.84 Å². The first-order valence-corrected chi connectivity index (χ1v) is 7.05. The lowest BCUT2D eigenvalue weighted by molar-refractivity contribution is -0.174. The molecule has 0 aromatic carbocycles. The van der Waals surface area contributed by atoms with E-state index in [1.165, 1.54) is 0 Å². The van der Waals surface area contributed by atoms with Crippen LogP contribution in [0.1, 0.15) is 31.7 Å². The molecule has 1 aromatic rings. The lowest BCUT2D eigenvalue weighted by Gasteiger charge is -2.16. The Balaban J connectivity index is 2.48. The highest BCUT2D eigenvalue weighted by Gasteiger charge is 2.27. The molecule has 1 atom stereocenters. The van der Waals surface area contributed by atoms with Gasteiger partial charge in [-0.05, 0) is 25.8 Å². The second kappa shape index (κ2) is 8.35. The maximum atomic E-state index is 12.0. The van der Waals surface area contributed by atoms with Gasteiger partial charge in [0.1, 0.15) is 6.61 Å². The molecule has 21 heavy (non-hydrogen) atoms. The third kappa shape index (κ3) is 6.45. The largest absolute Gasteiger partial charge is 0.411 e. The van der Waals surface area contributed by atoms with Crippen LogP contribution in [0.3, 0.4) is 0 Å². The number of nitrogens with one attached hydrogen (secondary N) is 1. The summed E-state index contributed by atoms with van der Waals surface area (Å²) < 4.78 is 42.4. The monoisotopic (exact) mass is 308 g/mol. The summed E-state index contributed by atoms with van der Waals surface area (Å²) in [4.78, 5) is 0. The van der Waals surface area contributed by atoms with Crippen LogP contribution in [0.2, 0.25) is 0 Å². The summed E-state index contributed by atoms with van der Waals surface area (Å²) in [5.41, 5.74) is 4.64. The van der Waals surface area contributed by atoms with Gasteiger partial charge < -0.3 is 4.74 Å². The summed E-state index contributed by atoms with van der Waals surface area (Å²) in [7, 11) is 0. The van der Waals surface area contributed by atoms with Gasteiger partial charge in [-0.3, -0.25) is 16.0 Å². The summed E-state index contributed by atoms with van der Waals surface area (Å²) in [6.07, 6.45) is -2.44. The van der Waals surface area contributed by atoms with E-state index in [2.05, 4.69) is 15.3 Å². The van der Waals surface area contributed by atoms with Crippen molar-refractivity contribution in [1.29, 1.82) is 0 Å². The van der Waals surface area contributed by atoms with E-state index < -0.39 is 12.8 Å². The summed E-state index contributed by atoms with van der Waals surface area (Å²) in [5.74, 6) is 5.46. The average molecular weight is 308 g/mol. The van der Waals surface area contributed by atoms with Gasteiger partial charge in [0, 0.05) is 31.3 Å². The zero-order chi connectivity index (χ0) is 15.9. The van der Waals surface area contributed by atoms with Crippen LogP contribution in [0, 0.1) is 0 Å². The van der Waals surface area contributed by atoms with E-state index in [0.717, 1.165) is 24.4 Å². The molecule has 0 bridgehead atoms. The van der Waals surface area contributed by atoms with Crippen molar-refractivity contribution in [2.45, 2.75) is 51.9 Å². The molecule has 1 rings (SSSR count). The number of hydrazine groups is 1. The Kier molecular flexibility index (Phi) is 7.13. The fraction of sp³-hybridized carbons (Fsp3) is 0.769. The molecule has 5 nitrogen and oxygen atoms in total. The summed E-state index contributed by atoms with van der Waals surface area (Å²) in [6.45, 7) is 3.55. The predicted octanol–water partition coefficient (Wildman–Crippen LogP) is 1.81. The highest BCUT2D eigenvalue weighted by molar-refractivity contribution is 5.11. The average Bonchev–Trinajstić information content (AvgIpc) is 2.83. The Labute approximate surface area is 122 Å². The molecule has 0 saturated heterocycles. The van der Waals surface area contributed by atoms with Gasteiger partial charge in [0.2, 0.25) is 0 Å². The molecular weight excluding hydrogens is 285 g/mol. The third-order valence-corrected chi connectivity index (χ3v) is 3.14. The van der Waals surface area contributed by atoms with Crippen LogP contribution in [-0.4, -0.2) is 35.2 Å². The van der Waals surface area contributed by atoms with Gasteiger partial charge in [0.15, 0.2) is 0 Å². The van der Waals surface area contributed by atoms with Crippen LogP contribution in [0.5, 0.6) is 0 Å². The maximum absolute atomic E-state index is 12.0. The number of hydrogen-bond acceptors (Lipinski definition) is 4. The fourth-order valence-electron chi connectivity index (χ4n) is 2.04. The number of hydrogen-bond donors (Lipinski definition) is 2. The van der Waals surface area contributed by atoms with Crippen molar-refractivity contribution in [3.05, 3.63) is 17.5 Å². The highest BCUT2D eigenvalue weighted by atomic mass is 19.4. The Morgan fingerprint density at radius 3 is 2.67 bits per heavy atom. The summed E-state index contributed by atoms with van der Waals surface area (Å²) in [5, 5.41) is 4.43. The zero-order valence-electron chi connectivity index (χ0n) is 12.4. The van der Waals surface area contributed by atoms with Crippen molar-refractivity contribution in [3.63, 3.8) is 0 Å². The Hall–Kier alpha value is -1.12. The molecule has 0 aliphatic heterocycles. The highest BCUT2D eigenvalue weighted by Crippen LogP contribution is 2.15. The van der Waals surface area contributed by atoms with E-state index in [9.17, 15) is 13.2 Å². The number of halogens is 3. The van der Waals surface area contributed by atoms with E-state index in [1.807, 2.05) is 24.6 Å². The molecule has 0 spiro atoms. The minimum Gasteiger partial charge on any atom is -0.372 e. The first-order chi connectivity index (χ1) is 9.89. The number of nitrogens with two attached hydrogens (primary N) is 1. The van der Waals surface area contributed by atoms with Crippen molar-refractivity contribution in [2.75, 3.05) is 13.2 Å². The predicted molar refractivity (Wildman–Crippen MR) is 73.6 cm³/mol. The SMILES string of the molecule is CCc1cc(CC(CCOCC(F)(F)F)NN)n(CC)n1. The second-order valence-electron chi connectivity index (χ2n) is 4.82. The topological polar surface area (TPSA) is 65.1 Å². The van der Waals surface area contributed by atoms with Gasteiger partial charge in [-0.25, -0.2) is 0 Å². The fourth-order valence-corrected chi connectivity index (χ4v) is 2.04. The van der Waals surface area contributed by atoms with Crippen LogP contribution in [0.15, 0.2) is 6.07 Å². The van der Waals surface area contributed by atoms with Crippen molar-refractivity contribution in [3.8, 4) is 0 Å². The van der Waals surface area contributed by atoms with Crippen molar-refractivity contribution < 1.29 is 17.9 Å². The molecular formula is C13H23F3N4O. The lowest BCUT2D eigenvalue weighted by Crippen LogP contribution is -2.38. The molecule has 1 unspecified atom stereocenters. The van der Waals surface area contributed by atoms with Gasteiger partial charge in [0.05, 0.1) is 5.69 Å². The normalized spacial score (nSPS) is 13.6. The molecule has 0 amide bonds. The minimum absolute atomic E-state index is 0.00920. The number of rotatable bonds is 9. The molecule has 0 saturated carbocycles. The molecule has 1 heterocycles. The van der Waals surface area contributed by atoms with Crippen molar-refractivity contribution in [1.82, 2.24) is 15.2 Å². The molecule has 1 aromatic heterocycles. The van der Waals surface area contributed by atoms with Crippen LogP contribution < -0.4 is 11.3 Å². The van der Waals surface area contributed by atoms with Crippen LogP contribution in [0.4, 0.5) is 13.2 Å². The van der Waals surface area contributed by atoms with Gasteiger partial charge in [0.25, 0.3) is 0 Å². The molecule has 0 radical (unpaired) electrons. The number of nitrogens with zero attached hydrogens (tertiary/aromatic N) is 2. The first kappa shape index (κ1) is 17.9. The van der Waals surface area contributed by atoms with E-state index in [1.54, 1.807) is 0 Å². The zero-order valence-corrected chi connectivity index (χ0v) is 12.4. The van der Waals surface area contributed by atoms with E-state index in [4.69, 9.17) is 5.84 Å². The Morgan fingerprint density at radius 1 is 1.43 bits per heavy atom. The third-order valence-electron chi connectivity index (χ3n) is 3.14. The van der Waals surface area contributed by atoms with E-state index >= 15 is 0 Å².